The van der Waals surface area contributed by atoms with Gasteiger partial charge in [0, 0.05) is 10.5 Å². The molecule has 1 aromatic carbocycles. The molecule has 0 aliphatic rings. The van der Waals surface area contributed by atoms with E-state index in [-0.39, 0.29) is 10.6 Å². The second-order valence-electron chi connectivity index (χ2n) is 4.52. The van der Waals surface area contributed by atoms with Gasteiger partial charge in [0.05, 0.1) is 17.1 Å². The lowest BCUT2D eigenvalue weighted by atomic mass is 10.1. The molecule has 4 nitrogen and oxygen atoms in total. The summed E-state index contributed by atoms with van der Waals surface area (Å²) in [6.45, 7) is 6.20. The van der Waals surface area contributed by atoms with E-state index in [2.05, 4.69) is 29.0 Å². The monoisotopic (exact) mass is 317 g/mol. The van der Waals surface area contributed by atoms with Gasteiger partial charge in [-0.2, -0.15) is 0 Å². The van der Waals surface area contributed by atoms with Crippen molar-refractivity contribution in [2.24, 2.45) is 0 Å². The predicted octanol–water partition coefficient (Wildman–Crippen LogP) is 3.56. The molecule has 0 heterocycles. The van der Waals surface area contributed by atoms with Crippen molar-refractivity contribution in [1.29, 1.82) is 0 Å². The topological polar surface area (TPSA) is 52.4 Å². The Morgan fingerprint density at radius 2 is 2.12 bits per heavy atom. The van der Waals surface area contributed by atoms with Crippen LogP contribution in [0, 0.1) is 17.0 Å². The fourth-order valence-electron chi connectivity index (χ4n) is 1.41. The lowest BCUT2D eigenvalue weighted by molar-refractivity contribution is -0.386. The molecule has 0 aromatic heterocycles. The SMILES string of the molecule is Cc1cccc(CO[Si](C)(C)CBr)c1[N+](=O)[O-]. The molecule has 0 saturated carbocycles. The number of aryl methyl sites for hydroxylation is 1. The Morgan fingerprint density at radius 3 is 2.65 bits per heavy atom. The number of alkyl halides is 1. The second kappa shape index (κ2) is 5.75. The van der Waals surface area contributed by atoms with Crippen molar-refractivity contribution in [1.82, 2.24) is 0 Å². The van der Waals surface area contributed by atoms with Gasteiger partial charge in [-0.05, 0) is 26.1 Å². The van der Waals surface area contributed by atoms with Crippen LogP contribution in [0.1, 0.15) is 11.1 Å². The summed E-state index contributed by atoms with van der Waals surface area (Å²) in [5, 5.41) is 11.0. The van der Waals surface area contributed by atoms with Gasteiger partial charge in [0.25, 0.3) is 5.69 Å². The molecule has 0 radical (unpaired) electrons. The number of nitro benzene ring substituents is 1. The lowest BCUT2D eigenvalue weighted by Gasteiger charge is -2.20. The first-order chi connectivity index (χ1) is 7.87. The smallest absolute Gasteiger partial charge is 0.277 e. The fourth-order valence-corrected chi connectivity index (χ4v) is 2.52. The van der Waals surface area contributed by atoms with E-state index in [0.29, 0.717) is 17.7 Å². The van der Waals surface area contributed by atoms with Crippen molar-refractivity contribution >= 4 is 29.9 Å². The fraction of sp³-hybridized carbons (Fsp3) is 0.455. The third kappa shape index (κ3) is 3.90. The quantitative estimate of drug-likeness (QED) is 0.361. The Bertz CT molecular complexity index is 423. The summed E-state index contributed by atoms with van der Waals surface area (Å²) in [5.74, 6) is 0. The van der Waals surface area contributed by atoms with Crippen molar-refractivity contribution in [2.45, 2.75) is 26.6 Å². The zero-order valence-corrected chi connectivity index (χ0v) is 12.8. The van der Waals surface area contributed by atoms with Crippen LogP contribution < -0.4 is 0 Å². The van der Waals surface area contributed by atoms with Crippen LogP contribution in [0.5, 0.6) is 0 Å². The number of benzene rings is 1. The highest BCUT2D eigenvalue weighted by atomic mass is 79.9. The molecule has 0 amide bonds. The van der Waals surface area contributed by atoms with Gasteiger partial charge in [-0.1, -0.05) is 28.1 Å². The number of nitrogens with zero attached hydrogens (tertiary/aromatic N) is 1. The van der Waals surface area contributed by atoms with E-state index in [9.17, 15) is 10.1 Å². The van der Waals surface area contributed by atoms with Gasteiger partial charge in [0.1, 0.15) is 0 Å². The third-order valence-corrected chi connectivity index (χ3v) is 8.06. The van der Waals surface area contributed by atoms with Gasteiger partial charge in [-0.3, -0.25) is 10.1 Å². The van der Waals surface area contributed by atoms with Crippen LogP contribution in [0.4, 0.5) is 5.69 Å². The Morgan fingerprint density at radius 1 is 1.47 bits per heavy atom. The molecule has 0 unspecified atom stereocenters. The van der Waals surface area contributed by atoms with E-state index in [1.54, 1.807) is 19.1 Å². The summed E-state index contributed by atoms with van der Waals surface area (Å²) >= 11 is 3.41. The van der Waals surface area contributed by atoms with Gasteiger partial charge in [0.2, 0.25) is 0 Å². The molecule has 1 rings (SSSR count). The predicted molar refractivity (Wildman–Crippen MR) is 73.9 cm³/mol. The molecule has 17 heavy (non-hydrogen) atoms. The number of halogens is 1. The highest BCUT2D eigenvalue weighted by Crippen LogP contribution is 2.24. The average molecular weight is 318 g/mol. The van der Waals surface area contributed by atoms with Gasteiger partial charge >= 0.3 is 0 Å². The summed E-state index contributed by atoms with van der Waals surface area (Å²) in [6, 6.07) is 5.32. The normalized spacial score (nSPS) is 11.5. The Labute approximate surface area is 110 Å². The lowest BCUT2D eigenvalue weighted by Crippen LogP contribution is -2.32. The van der Waals surface area contributed by atoms with Crippen molar-refractivity contribution in [3.63, 3.8) is 0 Å². The van der Waals surface area contributed by atoms with Crippen molar-refractivity contribution in [2.75, 3.05) is 4.95 Å². The number of nitro groups is 1. The molecule has 6 heteroatoms. The van der Waals surface area contributed by atoms with Gasteiger partial charge in [0.15, 0.2) is 8.32 Å². The van der Waals surface area contributed by atoms with Crippen molar-refractivity contribution in [3.05, 3.63) is 39.4 Å². The largest absolute Gasteiger partial charge is 0.412 e. The van der Waals surface area contributed by atoms with E-state index >= 15 is 0 Å². The maximum absolute atomic E-state index is 11.0. The maximum Gasteiger partial charge on any atom is 0.277 e. The van der Waals surface area contributed by atoms with Crippen LogP contribution >= 0.6 is 15.9 Å². The van der Waals surface area contributed by atoms with Crippen LogP contribution in [0.3, 0.4) is 0 Å². The molecule has 94 valence electrons. The molecule has 0 spiro atoms. The minimum atomic E-state index is -1.74. The van der Waals surface area contributed by atoms with E-state index < -0.39 is 8.32 Å². The van der Waals surface area contributed by atoms with E-state index in [0.717, 1.165) is 4.95 Å². The summed E-state index contributed by atoms with van der Waals surface area (Å²) in [4.78, 5) is 11.5. The molecule has 0 bridgehead atoms. The Balaban J connectivity index is 2.92. The molecule has 0 saturated heterocycles. The van der Waals surface area contributed by atoms with Crippen LogP contribution in [0.15, 0.2) is 18.2 Å². The highest BCUT2D eigenvalue weighted by Gasteiger charge is 2.23. The maximum atomic E-state index is 11.0. The second-order valence-corrected chi connectivity index (χ2v) is 10.3. The molecule has 0 N–H and O–H groups in total. The Hall–Kier alpha value is -0.723. The minimum Gasteiger partial charge on any atom is -0.412 e. The van der Waals surface area contributed by atoms with Crippen LogP contribution in [0.2, 0.25) is 13.1 Å². The number of para-hydroxylation sites is 1. The summed E-state index contributed by atoms with van der Waals surface area (Å²) in [7, 11) is -1.74. The first kappa shape index (κ1) is 14.3. The van der Waals surface area contributed by atoms with Crippen LogP contribution in [-0.4, -0.2) is 18.2 Å². The number of hydrogen-bond donors (Lipinski definition) is 0. The number of rotatable bonds is 5. The average Bonchev–Trinajstić information content (AvgIpc) is 2.26. The molecule has 1 aromatic rings. The molecule has 0 fully saturated rings. The Kier molecular flexibility index (Phi) is 4.85. The summed E-state index contributed by atoms with van der Waals surface area (Å²) < 4.78 is 5.80. The van der Waals surface area contributed by atoms with Crippen molar-refractivity contribution in [3.8, 4) is 0 Å². The molecular formula is C11H16BrNO3Si. The van der Waals surface area contributed by atoms with Crippen LogP contribution in [0.25, 0.3) is 0 Å². The molecule has 0 aliphatic carbocycles. The first-order valence-corrected chi connectivity index (χ1v) is 9.54. The van der Waals surface area contributed by atoms with Crippen molar-refractivity contribution < 1.29 is 9.35 Å². The van der Waals surface area contributed by atoms with E-state index in [1.807, 2.05) is 6.07 Å². The molecular weight excluding hydrogens is 302 g/mol. The van der Waals surface area contributed by atoms with E-state index in [1.165, 1.54) is 0 Å². The zero-order valence-electron chi connectivity index (χ0n) is 10.2. The van der Waals surface area contributed by atoms with Gasteiger partial charge in [-0.25, -0.2) is 0 Å². The molecule has 0 atom stereocenters. The summed E-state index contributed by atoms with van der Waals surface area (Å²) in [5.41, 5.74) is 1.50. The van der Waals surface area contributed by atoms with Crippen LogP contribution in [-0.2, 0) is 11.0 Å². The third-order valence-electron chi connectivity index (χ3n) is 2.44. The highest BCUT2D eigenvalue weighted by molar-refractivity contribution is 9.09. The van der Waals surface area contributed by atoms with Gasteiger partial charge < -0.3 is 4.43 Å². The summed E-state index contributed by atoms with van der Waals surface area (Å²) in [6.07, 6.45) is 0. The standard InChI is InChI=1S/C11H16BrNO3Si/c1-9-5-4-6-10(11(9)13(14)15)7-16-17(2,3)8-12/h4-6H,7-8H2,1-3H3. The van der Waals surface area contributed by atoms with E-state index in [4.69, 9.17) is 4.43 Å². The minimum absolute atomic E-state index is 0.173. The zero-order chi connectivity index (χ0) is 13.1. The molecule has 0 aliphatic heterocycles. The number of hydrogen-bond acceptors (Lipinski definition) is 3. The first-order valence-electron chi connectivity index (χ1n) is 5.30. The van der Waals surface area contributed by atoms with Gasteiger partial charge in [-0.15, -0.1) is 0 Å².